The first-order valence-corrected chi connectivity index (χ1v) is 11.1. The average Bonchev–Trinajstić information content (AvgIpc) is 2.62. The van der Waals surface area contributed by atoms with Gasteiger partial charge in [0.15, 0.2) is 0 Å². The zero-order valence-corrected chi connectivity index (χ0v) is 19.2. The van der Waals surface area contributed by atoms with Gasteiger partial charge in [-0.2, -0.15) is 0 Å². The van der Waals surface area contributed by atoms with E-state index in [0.29, 0.717) is 17.3 Å². The van der Waals surface area contributed by atoms with Crippen LogP contribution in [0.25, 0.3) is 0 Å². The minimum Gasteiger partial charge on any atom is -0.465 e. The van der Waals surface area contributed by atoms with E-state index in [1.807, 2.05) is 0 Å². The van der Waals surface area contributed by atoms with Crippen LogP contribution >= 0.6 is 0 Å². The topological polar surface area (TPSA) is 18.5 Å². The molecule has 2 atom stereocenters. The van der Waals surface area contributed by atoms with E-state index in [4.69, 9.17) is 9.47 Å². The Morgan fingerprint density at radius 1 is 0.889 bits per heavy atom. The summed E-state index contributed by atoms with van der Waals surface area (Å²) in [5.41, 5.74) is 1.76. The molecule has 0 bridgehead atoms. The summed E-state index contributed by atoms with van der Waals surface area (Å²) in [6.07, 6.45) is 5.76. The molecule has 0 radical (unpaired) electrons. The highest BCUT2D eigenvalue weighted by Gasteiger charge is 2.20. The number of hydrogen-bond donors (Lipinski definition) is 0. The van der Waals surface area contributed by atoms with Crippen molar-refractivity contribution in [3.8, 4) is 5.75 Å². The summed E-state index contributed by atoms with van der Waals surface area (Å²) in [4.78, 5) is 0. The van der Waals surface area contributed by atoms with Gasteiger partial charge < -0.3 is 9.47 Å². The van der Waals surface area contributed by atoms with Gasteiger partial charge >= 0.3 is 0 Å². The summed E-state index contributed by atoms with van der Waals surface area (Å²) >= 11 is 0. The van der Waals surface area contributed by atoms with E-state index in [2.05, 4.69) is 79.7 Å². The molecule has 0 saturated carbocycles. The van der Waals surface area contributed by atoms with E-state index in [0.717, 1.165) is 24.7 Å². The molecule has 2 heteroatoms. The molecule has 0 N–H and O–H groups in total. The molecule has 1 aromatic carbocycles. The van der Waals surface area contributed by atoms with E-state index in [1.165, 1.54) is 31.2 Å². The molecule has 0 spiro atoms. The van der Waals surface area contributed by atoms with Crippen LogP contribution in [0.1, 0.15) is 99.0 Å². The Morgan fingerprint density at radius 2 is 1.48 bits per heavy atom. The smallest absolute Gasteiger partial charge is 0.202 e. The lowest BCUT2D eigenvalue weighted by Gasteiger charge is -2.26. The van der Waals surface area contributed by atoms with Crippen LogP contribution in [0.4, 0.5) is 0 Å². The Bertz CT molecular complexity index is 494. The summed E-state index contributed by atoms with van der Waals surface area (Å²) < 4.78 is 12.3. The van der Waals surface area contributed by atoms with Crippen LogP contribution in [0.15, 0.2) is 24.3 Å². The van der Waals surface area contributed by atoms with Gasteiger partial charge in [-0.05, 0) is 54.2 Å². The van der Waals surface area contributed by atoms with Gasteiger partial charge in [0.05, 0.1) is 6.61 Å². The first kappa shape index (κ1) is 24.0. The fourth-order valence-electron chi connectivity index (χ4n) is 3.60. The highest BCUT2D eigenvalue weighted by molar-refractivity contribution is 5.29. The maximum Gasteiger partial charge on any atom is 0.202 e. The molecule has 27 heavy (non-hydrogen) atoms. The lowest BCUT2D eigenvalue weighted by Crippen LogP contribution is -2.27. The average molecular weight is 377 g/mol. The third kappa shape index (κ3) is 9.14. The van der Waals surface area contributed by atoms with Gasteiger partial charge in [-0.1, -0.05) is 80.4 Å². The quantitative estimate of drug-likeness (QED) is 0.346. The van der Waals surface area contributed by atoms with Gasteiger partial charge in [-0.25, -0.2) is 0 Å². The van der Waals surface area contributed by atoms with Crippen molar-refractivity contribution >= 4 is 0 Å². The first-order chi connectivity index (χ1) is 12.7. The number of ether oxygens (including phenoxy) is 2. The van der Waals surface area contributed by atoms with Crippen LogP contribution in [0, 0.1) is 17.3 Å². The van der Waals surface area contributed by atoms with Crippen LogP contribution in [0.2, 0.25) is 0 Å². The van der Waals surface area contributed by atoms with Crippen molar-refractivity contribution in [2.75, 3.05) is 6.61 Å². The number of rotatable bonds is 12. The highest BCUT2D eigenvalue weighted by Crippen LogP contribution is 2.34. The van der Waals surface area contributed by atoms with Crippen LogP contribution in [-0.2, 0) is 4.74 Å². The van der Waals surface area contributed by atoms with E-state index in [-0.39, 0.29) is 6.29 Å². The van der Waals surface area contributed by atoms with Gasteiger partial charge in [0.25, 0.3) is 0 Å². The predicted molar refractivity (Wildman–Crippen MR) is 117 cm³/mol. The molecular weight excluding hydrogens is 332 g/mol. The Hall–Kier alpha value is -1.02. The summed E-state index contributed by atoms with van der Waals surface area (Å²) in [6.45, 7) is 18.8. The molecule has 1 rings (SSSR count). The van der Waals surface area contributed by atoms with E-state index < -0.39 is 0 Å². The molecule has 0 amide bonds. The highest BCUT2D eigenvalue weighted by atomic mass is 16.7. The SMILES string of the molecule is CCC(CC)CCOC(Oc1ccc(C(CC)CC(C)(C)C)cc1)C(C)C. The fraction of sp³-hybridized carbons (Fsp3) is 0.760. The third-order valence-corrected chi connectivity index (χ3v) is 5.46. The minimum atomic E-state index is -0.179. The second-order valence-corrected chi connectivity index (χ2v) is 9.51. The van der Waals surface area contributed by atoms with Crippen molar-refractivity contribution in [3.63, 3.8) is 0 Å². The van der Waals surface area contributed by atoms with Crippen molar-refractivity contribution in [3.05, 3.63) is 29.8 Å². The Balaban J connectivity index is 2.67. The van der Waals surface area contributed by atoms with Gasteiger partial charge in [0.1, 0.15) is 5.75 Å². The molecule has 0 heterocycles. The second-order valence-electron chi connectivity index (χ2n) is 9.51. The fourth-order valence-corrected chi connectivity index (χ4v) is 3.60. The summed E-state index contributed by atoms with van der Waals surface area (Å²) in [6, 6.07) is 8.69. The molecular formula is C25H44O2. The zero-order valence-electron chi connectivity index (χ0n) is 19.2. The van der Waals surface area contributed by atoms with Crippen molar-refractivity contribution in [2.24, 2.45) is 17.3 Å². The summed E-state index contributed by atoms with van der Waals surface area (Å²) in [5.74, 6) is 2.60. The molecule has 2 unspecified atom stereocenters. The molecule has 1 aromatic rings. The van der Waals surface area contributed by atoms with E-state index >= 15 is 0 Å². The van der Waals surface area contributed by atoms with Crippen LogP contribution in [-0.4, -0.2) is 12.9 Å². The second kappa shape index (κ2) is 11.7. The van der Waals surface area contributed by atoms with Crippen LogP contribution in [0.5, 0.6) is 5.75 Å². The van der Waals surface area contributed by atoms with Gasteiger partial charge in [-0.3, -0.25) is 0 Å². The van der Waals surface area contributed by atoms with Crippen molar-refractivity contribution < 1.29 is 9.47 Å². The van der Waals surface area contributed by atoms with Gasteiger partial charge in [-0.15, -0.1) is 0 Å². The van der Waals surface area contributed by atoms with Crippen molar-refractivity contribution in [2.45, 2.75) is 99.7 Å². The Labute approximate surface area is 169 Å². The summed E-state index contributed by atoms with van der Waals surface area (Å²) in [5, 5.41) is 0. The van der Waals surface area contributed by atoms with Crippen LogP contribution < -0.4 is 4.74 Å². The Kier molecular flexibility index (Phi) is 10.4. The number of benzene rings is 1. The molecule has 156 valence electrons. The molecule has 0 fully saturated rings. The molecule has 0 aliphatic heterocycles. The Morgan fingerprint density at radius 3 is 1.93 bits per heavy atom. The molecule has 2 nitrogen and oxygen atoms in total. The van der Waals surface area contributed by atoms with Gasteiger partial charge in [0.2, 0.25) is 6.29 Å². The lowest BCUT2D eigenvalue weighted by molar-refractivity contribution is -0.110. The minimum absolute atomic E-state index is 0.179. The lowest BCUT2D eigenvalue weighted by atomic mass is 9.80. The molecule has 0 aliphatic carbocycles. The maximum atomic E-state index is 6.17. The molecule has 0 aromatic heterocycles. The normalized spacial score (nSPS) is 14.6. The van der Waals surface area contributed by atoms with Crippen molar-refractivity contribution in [1.29, 1.82) is 0 Å². The van der Waals surface area contributed by atoms with E-state index in [9.17, 15) is 0 Å². The summed E-state index contributed by atoms with van der Waals surface area (Å²) in [7, 11) is 0. The molecule has 0 saturated heterocycles. The maximum absolute atomic E-state index is 6.17. The number of hydrogen-bond acceptors (Lipinski definition) is 2. The zero-order chi connectivity index (χ0) is 20.4. The third-order valence-electron chi connectivity index (χ3n) is 5.46. The predicted octanol–water partition coefficient (Wildman–Crippen LogP) is 7.82. The standard InChI is InChI=1S/C25H44O2/c1-9-20(10-2)16-17-26-24(19(4)5)27-23-14-12-22(13-15-23)21(11-3)18-25(6,7)8/h12-15,19-21,24H,9-11,16-18H2,1-8H3. The van der Waals surface area contributed by atoms with Gasteiger partial charge in [0, 0.05) is 5.92 Å². The largest absolute Gasteiger partial charge is 0.465 e. The van der Waals surface area contributed by atoms with Crippen LogP contribution in [0.3, 0.4) is 0 Å². The van der Waals surface area contributed by atoms with Crippen molar-refractivity contribution in [1.82, 2.24) is 0 Å². The van der Waals surface area contributed by atoms with E-state index in [1.54, 1.807) is 0 Å². The first-order valence-electron chi connectivity index (χ1n) is 11.1. The monoisotopic (exact) mass is 376 g/mol. The molecule has 0 aliphatic rings.